The molecule has 2 heterocycles. The maximum atomic E-state index is 12.3. The molecule has 2 aromatic heterocycles. The summed E-state index contributed by atoms with van der Waals surface area (Å²) in [7, 11) is 1.65. The highest BCUT2D eigenvalue weighted by Crippen LogP contribution is 2.10. The van der Waals surface area contributed by atoms with Crippen molar-refractivity contribution in [2.45, 2.75) is 39.8 Å². The van der Waals surface area contributed by atoms with Gasteiger partial charge in [0.25, 0.3) is 11.5 Å². The maximum absolute atomic E-state index is 12.3. The van der Waals surface area contributed by atoms with Crippen LogP contribution in [-0.4, -0.2) is 25.2 Å². The minimum atomic E-state index is -0.404. The fraction of sp³-hybridized carbons (Fsp3) is 0.467. The Kier molecular flexibility index (Phi) is 4.75. The van der Waals surface area contributed by atoms with Crippen LogP contribution in [0.5, 0.6) is 0 Å². The maximum Gasteiger partial charge on any atom is 0.263 e. The molecular formula is C15H21N5O2. The van der Waals surface area contributed by atoms with Crippen LogP contribution in [0.4, 0.5) is 0 Å². The number of aromatic nitrogens is 4. The van der Waals surface area contributed by atoms with Crippen molar-refractivity contribution in [1.82, 2.24) is 24.6 Å². The first kappa shape index (κ1) is 15.9. The van der Waals surface area contributed by atoms with E-state index in [2.05, 4.69) is 15.4 Å². The van der Waals surface area contributed by atoms with E-state index in [1.54, 1.807) is 23.9 Å². The van der Waals surface area contributed by atoms with E-state index in [4.69, 9.17) is 0 Å². The average molecular weight is 303 g/mol. The summed E-state index contributed by atoms with van der Waals surface area (Å²) in [5.74, 6) is 0.276. The third-order valence-electron chi connectivity index (χ3n) is 3.62. The molecule has 0 aromatic carbocycles. The molecule has 0 saturated carbocycles. The first-order valence-electron chi connectivity index (χ1n) is 7.31. The lowest BCUT2D eigenvalue weighted by molar-refractivity contribution is 0.0935. The number of nitrogens with one attached hydrogen (secondary N) is 1. The second kappa shape index (κ2) is 6.55. The second-order valence-corrected chi connectivity index (χ2v) is 5.29. The molecule has 118 valence electrons. The molecule has 0 fully saturated rings. The van der Waals surface area contributed by atoms with Gasteiger partial charge in [0.2, 0.25) is 0 Å². The van der Waals surface area contributed by atoms with E-state index >= 15 is 0 Å². The number of pyridine rings is 1. The molecule has 1 atom stereocenters. The molecule has 1 N–H and O–H groups in total. The quantitative estimate of drug-likeness (QED) is 0.899. The topological polar surface area (TPSA) is 81.8 Å². The van der Waals surface area contributed by atoms with Crippen LogP contribution in [0, 0.1) is 6.92 Å². The summed E-state index contributed by atoms with van der Waals surface area (Å²) in [4.78, 5) is 28.6. The van der Waals surface area contributed by atoms with Gasteiger partial charge in [0.05, 0.1) is 6.04 Å². The minimum absolute atomic E-state index is 0.126. The highest BCUT2D eigenvalue weighted by molar-refractivity contribution is 5.94. The van der Waals surface area contributed by atoms with Crippen molar-refractivity contribution < 1.29 is 4.79 Å². The molecule has 0 saturated heterocycles. The molecule has 1 amide bonds. The molecule has 0 unspecified atom stereocenters. The number of rotatable bonds is 5. The first-order valence-corrected chi connectivity index (χ1v) is 7.31. The summed E-state index contributed by atoms with van der Waals surface area (Å²) in [5.41, 5.74) is 0.624. The molecule has 0 aliphatic rings. The van der Waals surface area contributed by atoms with Gasteiger partial charge in [-0.2, -0.15) is 5.10 Å². The Morgan fingerprint density at radius 3 is 2.82 bits per heavy atom. The molecule has 0 aliphatic heterocycles. The van der Waals surface area contributed by atoms with E-state index in [0.29, 0.717) is 5.82 Å². The van der Waals surface area contributed by atoms with Crippen molar-refractivity contribution in [2.75, 3.05) is 0 Å². The number of nitrogens with zero attached hydrogens (tertiary/aromatic N) is 4. The van der Waals surface area contributed by atoms with Crippen molar-refractivity contribution in [3.05, 3.63) is 45.9 Å². The zero-order chi connectivity index (χ0) is 16.3. The predicted molar refractivity (Wildman–Crippen MR) is 82.6 cm³/mol. The van der Waals surface area contributed by atoms with Crippen LogP contribution in [0.2, 0.25) is 0 Å². The summed E-state index contributed by atoms with van der Waals surface area (Å²) in [6.45, 7) is 6.43. The second-order valence-electron chi connectivity index (χ2n) is 5.29. The van der Waals surface area contributed by atoms with Crippen LogP contribution < -0.4 is 10.9 Å². The number of hydrogen-bond donors (Lipinski definition) is 1. The Labute approximate surface area is 129 Å². The third kappa shape index (κ3) is 3.08. The van der Waals surface area contributed by atoms with Crippen molar-refractivity contribution in [3.8, 4) is 0 Å². The number of aryl methyl sites for hydroxylation is 2. The largest absolute Gasteiger partial charge is 0.342 e. The summed E-state index contributed by atoms with van der Waals surface area (Å²) in [6, 6.07) is 2.98. The van der Waals surface area contributed by atoms with Crippen LogP contribution in [0.3, 0.4) is 0 Å². The summed E-state index contributed by atoms with van der Waals surface area (Å²) < 4.78 is 3.22. The van der Waals surface area contributed by atoms with Crippen LogP contribution in [0.15, 0.2) is 23.3 Å². The highest BCUT2D eigenvalue weighted by atomic mass is 16.2. The number of amides is 1. The van der Waals surface area contributed by atoms with Gasteiger partial charge in [-0.25, -0.2) is 9.67 Å². The van der Waals surface area contributed by atoms with Crippen molar-refractivity contribution in [2.24, 2.45) is 7.05 Å². The molecule has 0 aliphatic carbocycles. The summed E-state index contributed by atoms with van der Waals surface area (Å²) >= 11 is 0. The average Bonchev–Trinajstić information content (AvgIpc) is 2.93. The van der Waals surface area contributed by atoms with E-state index in [9.17, 15) is 9.59 Å². The zero-order valence-electron chi connectivity index (χ0n) is 13.3. The molecule has 0 bridgehead atoms. The first-order chi connectivity index (χ1) is 10.5. The van der Waals surface area contributed by atoms with Crippen LogP contribution >= 0.6 is 0 Å². The lowest BCUT2D eigenvalue weighted by Gasteiger charge is -2.14. The molecule has 22 heavy (non-hydrogen) atoms. The smallest absolute Gasteiger partial charge is 0.263 e. The van der Waals surface area contributed by atoms with Crippen molar-refractivity contribution >= 4 is 5.91 Å². The van der Waals surface area contributed by atoms with Gasteiger partial charge in [-0.3, -0.25) is 9.59 Å². The fourth-order valence-corrected chi connectivity index (χ4v) is 2.23. The highest BCUT2D eigenvalue weighted by Gasteiger charge is 2.18. The van der Waals surface area contributed by atoms with Crippen molar-refractivity contribution in [1.29, 1.82) is 0 Å². The monoisotopic (exact) mass is 303 g/mol. The molecule has 7 nitrogen and oxygen atoms in total. The standard InChI is InChI=1S/C15H21N5O2/c1-5-8-20-13(16-9-17-20)11(3)18-14(21)12-7-6-10(2)19(4)15(12)22/h6-7,9,11H,5,8H2,1-4H3,(H,18,21)/t11-/m0/s1. The lowest BCUT2D eigenvalue weighted by Crippen LogP contribution is -2.35. The van der Waals surface area contributed by atoms with Crippen LogP contribution in [0.1, 0.15) is 48.2 Å². The number of hydrogen-bond acceptors (Lipinski definition) is 4. The van der Waals surface area contributed by atoms with Gasteiger partial charge in [0.15, 0.2) is 0 Å². The number of carbonyl (C=O) groups excluding carboxylic acids is 1. The molecule has 2 rings (SSSR count). The Morgan fingerprint density at radius 1 is 1.41 bits per heavy atom. The fourth-order valence-electron chi connectivity index (χ4n) is 2.23. The van der Waals surface area contributed by atoms with Gasteiger partial charge < -0.3 is 9.88 Å². The lowest BCUT2D eigenvalue weighted by atomic mass is 10.2. The molecule has 2 aromatic rings. The van der Waals surface area contributed by atoms with E-state index in [1.807, 2.05) is 20.8 Å². The van der Waals surface area contributed by atoms with Crippen LogP contribution in [0.25, 0.3) is 0 Å². The van der Waals surface area contributed by atoms with Gasteiger partial charge in [-0.15, -0.1) is 0 Å². The van der Waals surface area contributed by atoms with Gasteiger partial charge in [0, 0.05) is 19.3 Å². The predicted octanol–water partition coefficient (Wildman–Crippen LogP) is 1.19. The molecule has 0 spiro atoms. The Bertz CT molecular complexity index is 732. The normalized spacial score (nSPS) is 12.2. The molecular weight excluding hydrogens is 282 g/mol. The molecule has 0 radical (unpaired) electrons. The summed E-state index contributed by atoms with van der Waals surface area (Å²) in [6.07, 6.45) is 2.40. The van der Waals surface area contributed by atoms with E-state index < -0.39 is 5.91 Å². The number of carbonyl (C=O) groups is 1. The van der Waals surface area contributed by atoms with Gasteiger partial charge in [0.1, 0.15) is 17.7 Å². The van der Waals surface area contributed by atoms with E-state index in [1.165, 1.54) is 10.9 Å². The SMILES string of the molecule is CCCn1ncnc1[C@H](C)NC(=O)c1ccc(C)n(C)c1=O. The van der Waals surface area contributed by atoms with Crippen LogP contribution in [-0.2, 0) is 13.6 Å². The zero-order valence-corrected chi connectivity index (χ0v) is 13.3. The van der Waals surface area contributed by atoms with E-state index in [0.717, 1.165) is 18.7 Å². The van der Waals surface area contributed by atoms with Crippen molar-refractivity contribution in [3.63, 3.8) is 0 Å². The van der Waals surface area contributed by atoms with Gasteiger partial charge in [-0.1, -0.05) is 6.92 Å². The Balaban J connectivity index is 2.20. The Hall–Kier alpha value is -2.44. The van der Waals surface area contributed by atoms with Gasteiger partial charge >= 0.3 is 0 Å². The van der Waals surface area contributed by atoms with E-state index in [-0.39, 0.29) is 17.2 Å². The summed E-state index contributed by atoms with van der Waals surface area (Å²) in [5, 5.41) is 6.95. The minimum Gasteiger partial charge on any atom is -0.342 e. The third-order valence-corrected chi connectivity index (χ3v) is 3.62. The molecule has 7 heteroatoms. The Morgan fingerprint density at radius 2 is 2.14 bits per heavy atom. The van der Waals surface area contributed by atoms with Gasteiger partial charge in [-0.05, 0) is 32.4 Å².